The van der Waals surface area contributed by atoms with Crippen LogP contribution in [0.5, 0.6) is 5.75 Å². The first-order valence-electron chi connectivity index (χ1n) is 5.13. The molecule has 0 aliphatic rings. The van der Waals surface area contributed by atoms with E-state index >= 15 is 0 Å². The number of quaternary nitrogens is 1. The van der Waals surface area contributed by atoms with Crippen molar-refractivity contribution in [2.24, 2.45) is 0 Å². The Morgan fingerprint density at radius 1 is 1.19 bits per heavy atom. The highest BCUT2D eigenvalue weighted by Gasteiger charge is 2.04. The fourth-order valence-electron chi connectivity index (χ4n) is 1.19. The lowest BCUT2D eigenvalue weighted by Crippen LogP contribution is -2.86. The van der Waals surface area contributed by atoms with Gasteiger partial charge in [-0.1, -0.05) is 29.3 Å². The van der Waals surface area contributed by atoms with E-state index in [4.69, 9.17) is 32.7 Å². The van der Waals surface area contributed by atoms with Crippen molar-refractivity contribution in [3.05, 3.63) is 28.2 Å². The molecule has 0 spiro atoms. The van der Waals surface area contributed by atoms with Gasteiger partial charge in [0.15, 0.2) is 0 Å². The number of methoxy groups -OCH3 is 1. The van der Waals surface area contributed by atoms with Crippen molar-refractivity contribution in [1.29, 1.82) is 0 Å². The van der Waals surface area contributed by atoms with Crippen LogP contribution in [-0.2, 0) is 4.74 Å². The second kappa shape index (κ2) is 7.74. The standard InChI is InChI=1S/C11H15Cl2NO2/c1-15-7-5-14-6-8-16-10-4-2-3-9(12)11(10)13/h2-4,14H,5-8H2,1H3/p+1. The van der Waals surface area contributed by atoms with Crippen LogP contribution in [0.1, 0.15) is 0 Å². The predicted octanol–water partition coefficient (Wildman–Crippen LogP) is 1.58. The average molecular weight is 265 g/mol. The molecule has 16 heavy (non-hydrogen) atoms. The summed E-state index contributed by atoms with van der Waals surface area (Å²) in [5, 5.41) is 3.12. The molecular weight excluding hydrogens is 249 g/mol. The van der Waals surface area contributed by atoms with Crippen LogP contribution in [0.25, 0.3) is 0 Å². The molecule has 0 saturated heterocycles. The number of rotatable bonds is 7. The summed E-state index contributed by atoms with van der Waals surface area (Å²) in [5.74, 6) is 0.634. The molecule has 0 fully saturated rings. The molecule has 0 amide bonds. The molecule has 0 unspecified atom stereocenters. The fraction of sp³-hybridized carbons (Fsp3) is 0.455. The molecular formula is C11H16Cl2NO2+. The summed E-state index contributed by atoms with van der Waals surface area (Å²) in [6.45, 7) is 3.15. The van der Waals surface area contributed by atoms with E-state index in [0.29, 0.717) is 22.4 Å². The summed E-state index contributed by atoms with van der Waals surface area (Å²) in [7, 11) is 1.69. The Hall–Kier alpha value is -0.480. The topological polar surface area (TPSA) is 35.1 Å². The van der Waals surface area contributed by atoms with Crippen LogP contribution in [0.4, 0.5) is 0 Å². The van der Waals surface area contributed by atoms with E-state index < -0.39 is 0 Å². The van der Waals surface area contributed by atoms with Gasteiger partial charge in [0.2, 0.25) is 0 Å². The molecule has 0 radical (unpaired) electrons. The maximum absolute atomic E-state index is 5.97. The van der Waals surface area contributed by atoms with Gasteiger partial charge >= 0.3 is 0 Å². The maximum Gasteiger partial charge on any atom is 0.139 e. The van der Waals surface area contributed by atoms with Gasteiger partial charge in [0.05, 0.1) is 18.2 Å². The molecule has 0 bridgehead atoms. The van der Waals surface area contributed by atoms with E-state index in [9.17, 15) is 0 Å². The highest BCUT2D eigenvalue weighted by atomic mass is 35.5. The van der Waals surface area contributed by atoms with Crippen LogP contribution in [-0.4, -0.2) is 33.4 Å². The first-order valence-corrected chi connectivity index (χ1v) is 5.88. The van der Waals surface area contributed by atoms with E-state index in [1.165, 1.54) is 0 Å². The first kappa shape index (κ1) is 13.6. The second-order valence-corrected chi connectivity index (χ2v) is 4.04. The van der Waals surface area contributed by atoms with E-state index in [1.54, 1.807) is 13.2 Å². The normalized spacial score (nSPS) is 10.4. The number of benzene rings is 1. The lowest BCUT2D eigenvalue weighted by molar-refractivity contribution is -0.656. The van der Waals surface area contributed by atoms with E-state index in [1.807, 2.05) is 12.1 Å². The van der Waals surface area contributed by atoms with Crippen LogP contribution < -0.4 is 10.1 Å². The Kier molecular flexibility index (Phi) is 6.57. The number of nitrogens with two attached hydrogens (primary N) is 1. The zero-order valence-corrected chi connectivity index (χ0v) is 10.7. The van der Waals surface area contributed by atoms with E-state index in [0.717, 1.165) is 19.7 Å². The summed E-state index contributed by atoms with van der Waals surface area (Å²) in [4.78, 5) is 0. The summed E-state index contributed by atoms with van der Waals surface area (Å²) in [6, 6.07) is 5.36. The Morgan fingerprint density at radius 2 is 1.94 bits per heavy atom. The molecule has 0 aromatic heterocycles. The summed E-state index contributed by atoms with van der Waals surface area (Å²) in [6.07, 6.45) is 0. The third-order valence-corrected chi connectivity index (χ3v) is 2.82. The monoisotopic (exact) mass is 264 g/mol. The van der Waals surface area contributed by atoms with Crippen LogP contribution >= 0.6 is 23.2 Å². The fourth-order valence-corrected chi connectivity index (χ4v) is 1.54. The Morgan fingerprint density at radius 3 is 2.69 bits per heavy atom. The predicted molar refractivity (Wildman–Crippen MR) is 65.5 cm³/mol. The highest BCUT2D eigenvalue weighted by molar-refractivity contribution is 6.42. The quantitative estimate of drug-likeness (QED) is 0.760. The van der Waals surface area contributed by atoms with Gasteiger partial charge in [-0.25, -0.2) is 0 Å². The number of ether oxygens (including phenoxy) is 2. The van der Waals surface area contributed by atoms with Gasteiger partial charge in [-0.05, 0) is 12.1 Å². The molecule has 90 valence electrons. The van der Waals surface area contributed by atoms with E-state index in [2.05, 4.69) is 5.32 Å². The Balaban J connectivity index is 2.24. The molecule has 0 atom stereocenters. The minimum atomic E-state index is 0.473. The highest BCUT2D eigenvalue weighted by Crippen LogP contribution is 2.31. The maximum atomic E-state index is 5.97. The number of halogens is 2. The lowest BCUT2D eigenvalue weighted by Gasteiger charge is -2.07. The van der Waals surface area contributed by atoms with Gasteiger partial charge in [-0.2, -0.15) is 0 Å². The van der Waals surface area contributed by atoms with Gasteiger partial charge in [0.1, 0.15) is 23.9 Å². The van der Waals surface area contributed by atoms with Crippen molar-refractivity contribution in [3.8, 4) is 5.75 Å². The van der Waals surface area contributed by atoms with Crippen LogP contribution in [0.2, 0.25) is 10.0 Å². The molecule has 0 saturated carbocycles. The van der Waals surface area contributed by atoms with Crippen molar-refractivity contribution in [3.63, 3.8) is 0 Å². The zero-order chi connectivity index (χ0) is 11.8. The van der Waals surface area contributed by atoms with Crippen LogP contribution in [0, 0.1) is 0 Å². The second-order valence-electron chi connectivity index (χ2n) is 3.26. The smallest absolute Gasteiger partial charge is 0.139 e. The van der Waals surface area contributed by atoms with Crippen LogP contribution in [0.3, 0.4) is 0 Å². The SMILES string of the molecule is COCC[NH2+]CCOc1cccc(Cl)c1Cl. The van der Waals surface area contributed by atoms with E-state index in [-0.39, 0.29) is 0 Å². The van der Waals surface area contributed by atoms with Gasteiger partial charge in [-0.15, -0.1) is 0 Å². The molecule has 1 aromatic rings. The molecule has 1 aromatic carbocycles. The molecule has 2 N–H and O–H groups in total. The number of hydrogen-bond acceptors (Lipinski definition) is 2. The minimum Gasteiger partial charge on any atom is -0.486 e. The molecule has 1 rings (SSSR count). The lowest BCUT2D eigenvalue weighted by atomic mass is 10.3. The summed E-state index contributed by atoms with van der Waals surface area (Å²) >= 11 is 11.8. The van der Waals surface area contributed by atoms with Crippen molar-refractivity contribution in [2.75, 3.05) is 33.4 Å². The average Bonchev–Trinajstić information content (AvgIpc) is 2.29. The van der Waals surface area contributed by atoms with Gasteiger partial charge < -0.3 is 14.8 Å². The van der Waals surface area contributed by atoms with Gasteiger partial charge in [0.25, 0.3) is 0 Å². The minimum absolute atomic E-state index is 0.473. The number of hydrogen-bond donors (Lipinski definition) is 1. The molecule has 0 aliphatic heterocycles. The van der Waals surface area contributed by atoms with Crippen molar-refractivity contribution >= 4 is 23.2 Å². The third-order valence-electron chi connectivity index (χ3n) is 2.02. The van der Waals surface area contributed by atoms with Crippen molar-refractivity contribution in [1.82, 2.24) is 0 Å². The summed E-state index contributed by atoms with van der Waals surface area (Å²) in [5.41, 5.74) is 0. The van der Waals surface area contributed by atoms with Crippen molar-refractivity contribution < 1.29 is 14.8 Å². The summed E-state index contributed by atoms with van der Waals surface area (Å²) < 4.78 is 10.4. The Bertz CT molecular complexity index is 321. The van der Waals surface area contributed by atoms with Crippen molar-refractivity contribution in [2.45, 2.75) is 0 Å². The third kappa shape index (κ3) is 4.58. The molecule has 5 heteroatoms. The van der Waals surface area contributed by atoms with Gasteiger partial charge in [0, 0.05) is 7.11 Å². The Labute approximate surface area is 106 Å². The molecule has 0 aliphatic carbocycles. The zero-order valence-electron chi connectivity index (χ0n) is 9.21. The van der Waals surface area contributed by atoms with Crippen LogP contribution in [0.15, 0.2) is 18.2 Å². The first-order chi connectivity index (χ1) is 7.75. The largest absolute Gasteiger partial charge is 0.486 e. The van der Waals surface area contributed by atoms with Gasteiger partial charge in [-0.3, -0.25) is 0 Å². The molecule has 3 nitrogen and oxygen atoms in total. The molecule has 0 heterocycles.